The molecular weight excluding hydrogens is 410 g/mol. The molecule has 9 nitrogen and oxygen atoms in total. The van der Waals surface area contributed by atoms with Crippen LogP contribution in [0, 0.1) is 5.92 Å². The van der Waals surface area contributed by atoms with Crippen molar-refractivity contribution in [1.82, 2.24) is 13.5 Å². The van der Waals surface area contributed by atoms with Gasteiger partial charge < -0.3 is 14.4 Å². The van der Waals surface area contributed by atoms with Gasteiger partial charge in [-0.3, -0.25) is 4.79 Å². The van der Waals surface area contributed by atoms with E-state index in [-0.39, 0.29) is 24.8 Å². The third-order valence-electron chi connectivity index (χ3n) is 5.62. The molecule has 0 aliphatic carbocycles. The molecule has 0 N–H and O–H groups in total. The Morgan fingerprint density at radius 3 is 2.07 bits per heavy atom. The Labute approximate surface area is 177 Å². The van der Waals surface area contributed by atoms with Crippen LogP contribution in [0.25, 0.3) is 0 Å². The monoisotopic (exact) mass is 439 g/mol. The molecule has 166 valence electrons. The summed E-state index contributed by atoms with van der Waals surface area (Å²) < 4.78 is 38.9. The number of rotatable bonds is 6. The molecule has 0 aromatic heterocycles. The minimum Gasteiger partial charge on any atom is -0.497 e. The second kappa shape index (κ2) is 9.76. The molecule has 0 saturated carbocycles. The summed E-state index contributed by atoms with van der Waals surface area (Å²) in [6.07, 6.45) is 0.576. The molecule has 0 atom stereocenters. The van der Waals surface area contributed by atoms with Crippen molar-refractivity contribution in [3.05, 3.63) is 29.8 Å². The smallest absolute Gasteiger partial charge is 0.409 e. The van der Waals surface area contributed by atoms with Crippen LogP contribution in [-0.4, -0.2) is 86.8 Å². The first-order valence-electron chi connectivity index (χ1n) is 10.2. The highest BCUT2D eigenvalue weighted by Gasteiger charge is 2.37. The number of ketones is 1. The quantitative estimate of drug-likeness (QED) is 0.625. The van der Waals surface area contributed by atoms with Gasteiger partial charge in [0.1, 0.15) is 5.75 Å². The third-order valence-corrected chi connectivity index (χ3v) is 7.65. The van der Waals surface area contributed by atoms with Crippen LogP contribution < -0.4 is 4.74 Å². The molecule has 0 spiro atoms. The van der Waals surface area contributed by atoms with E-state index in [1.807, 2.05) is 0 Å². The Morgan fingerprint density at radius 1 is 0.967 bits per heavy atom. The highest BCUT2D eigenvalue weighted by molar-refractivity contribution is 7.86. The number of ether oxygens (including phenoxy) is 2. The first-order valence-corrected chi connectivity index (χ1v) is 11.6. The van der Waals surface area contributed by atoms with Gasteiger partial charge in [0.2, 0.25) is 0 Å². The van der Waals surface area contributed by atoms with Gasteiger partial charge in [-0.1, -0.05) is 0 Å². The third kappa shape index (κ3) is 4.93. The molecule has 2 fully saturated rings. The summed E-state index contributed by atoms with van der Waals surface area (Å²) in [5.74, 6) is 0.541. The summed E-state index contributed by atoms with van der Waals surface area (Å²) in [5, 5.41) is 0. The van der Waals surface area contributed by atoms with E-state index in [0.29, 0.717) is 56.9 Å². The highest BCUT2D eigenvalue weighted by Crippen LogP contribution is 2.26. The lowest BCUT2D eigenvalue weighted by Gasteiger charge is -2.38. The zero-order chi connectivity index (χ0) is 21.7. The van der Waals surface area contributed by atoms with Gasteiger partial charge in [0.15, 0.2) is 5.78 Å². The minimum atomic E-state index is -3.61. The van der Waals surface area contributed by atoms with Gasteiger partial charge in [-0.15, -0.1) is 0 Å². The first kappa shape index (κ1) is 22.5. The predicted octanol–water partition coefficient (Wildman–Crippen LogP) is 1.61. The molecule has 0 radical (unpaired) electrons. The highest BCUT2D eigenvalue weighted by atomic mass is 32.2. The molecule has 2 heterocycles. The lowest BCUT2D eigenvalue weighted by Crippen LogP contribution is -2.55. The van der Waals surface area contributed by atoms with Crippen LogP contribution >= 0.6 is 0 Å². The molecule has 1 amide bonds. The van der Waals surface area contributed by atoms with Crippen molar-refractivity contribution < 1.29 is 27.5 Å². The van der Waals surface area contributed by atoms with Crippen LogP contribution in [0.2, 0.25) is 0 Å². The van der Waals surface area contributed by atoms with Crippen LogP contribution in [0.3, 0.4) is 0 Å². The Hall–Kier alpha value is -2.17. The van der Waals surface area contributed by atoms with E-state index in [9.17, 15) is 18.0 Å². The van der Waals surface area contributed by atoms with E-state index >= 15 is 0 Å². The number of Topliss-reactive ketones (excluding diaryl/α,β-unsaturated/α-hetero) is 1. The van der Waals surface area contributed by atoms with Crippen LogP contribution in [0.4, 0.5) is 4.79 Å². The Bertz CT molecular complexity index is 842. The van der Waals surface area contributed by atoms with Crippen LogP contribution in [-0.2, 0) is 14.9 Å². The maximum absolute atomic E-state index is 13.0. The molecule has 2 saturated heterocycles. The fourth-order valence-electron chi connectivity index (χ4n) is 3.82. The van der Waals surface area contributed by atoms with Crippen molar-refractivity contribution in [1.29, 1.82) is 0 Å². The van der Waals surface area contributed by atoms with Gasteiger partial charge in [0.05, 0.1) is 13.7 Å². The minimum absolute atomic E-state index is 0.0396. The Balaban J connectivity index is 1.53. The average Bonchev–Trinajstić information content (AvgIpc) is 2.79. The largest absolute Gasteiger partial charge is 0.497 e. The zero-order valence-corrected chi connectivity index (χ0v) is 18.3. The van der Waals surface area contributed by atoms with Crippen LogP contribution in [0.5, 0.6) is 5.75 Å². The number of piperazine rings is 1. The summed E-state index contributed by atoms with van der Waals surface area (Å²) in [4.78, 5) is 26.1. The van der Waals surface area contributed by atoms with E-state index in [4.69, 9.17) is 9.47 Å². The number of carbonyl (C=O) groups excluding carboxylic acids is 2. The fraction of sp³-hybridized carbons (Fsp3) is 0.600. The number of carbonyl (C=O) groups is 2. The maximum atomic E-state index is 13.0. The Kier molecular flexibility index (Phi) is 7.32. The lowest BCUT2D eigenvalue weighted by molar-refractivity contribution is 0.0866. The van der Waals surface area contributed by atoms with Crippen molar-refractivity contribution in [2.75, 3.05) is 53.0 Å². The molecule has 30 heavy (non-hydrogen) atoms. The standard InChI is InChI=1S/C20H29N3O6S/c1-3-29-20(25)21-12-14-23(15-13-21)30(26,27)22-10-8-17(9-11-22)19(24)16-4-6-18(28-2)7-5-16/h4-7,17H,3,8-15H2,1-2H3. The van der Waals surface area contributed by atoms with Crippen molar-refractivity contribution >= 4 is 22.1 Å². The van der Waals surface area contributed by atoms with E-state index in [1.54, 1.807) is 38.3 Å². The fourth-order valence-corrected chi connectivity index (χ4v) is 5.44. The van der Waals surface area contributed by atoms with E-state index in [2.05, 4.69) is 0 Å². The van der Waals surface area contributed by atoms with Gasteiger partial charge in [-0.25, -0.2) is 4.79 Å². The second-order valence-electron chi connectivity index (χ2n) is 7.36. The number of hydrogen-bond donors (Lipinski definition) is 0. The molecular formula is C20H29N3O6S. The van der Waals surface area contributed by atoms with Gasteiger partial charge in [-0.2, -0.15) is 17.0 Å². The van der Waals surface area contributed by atoms with E-state index < -0.39 is 16.3 Å². The second-order valence-corrected chi connectivity index (χ2v) is 9.29. The Morgan fingerprint density at radius 2 is 1.53 bits per heavy atom. The van der Waals surface area contributed by atoms with Crippen molar-refractivity contribution in [2.24, 2.45) is 5.92 Å². The van der Waals surface area contributed by atoms with Gasteiger partial charge in [0, 0.05) is 50.7 Å². The number of amides is 1. The molecule has 3 rings (SSSR count). The number of piperidine rings is 1. The van der Waals surface area contributed by atoms with Crippen molar-refractivity contribution in [3.8, 4) is 5.75 Å². The maximum Gasteiger partial charge on any atom is 0.409 e. The van der Waals surface area contributed by atoms with E-state index in [0.717, 1.165) is 0 Å². The molecule has 2 aliphatic rings. The molecule has 10 heteroatoms. The number of nitrogens with zero attached hydrogens (tertiary/aromatic N) is 3. The molecule has 1 aromatic carbocycles. The summed E-state index contributed by atoms with van der Waals surface area (Å²) in [7, 11) is -2.04. The summed E-state index contributed by atoms with van der Waals surface area (Å²) in [6.45, 7) is 3.76. The van der Waals surface area contributed by atoms with E-state index in [1.165, 1.54) is 13.5 Å². The molecule has 0 bridgehead atoms. The summed E-state index contributed by atoms with van der Waals surface area (Å²) in [6, 6.07) is 6.99. The van der Waals surface area contributed by atoms with Gasteiger partial charge in [0.25, 0.3) is 10.2 Å². The molecule has 2 aliphatic heterocycles. The predicted molar refractivity (Wildman–Crippen MR) is 111 cm³/mol. The van der Waals surface area contributed by atoms with Crippen LogP contribution in [0.1, 0.15) is 30.1 Å². The summed E-state index contributed by atoms with van der Waals surface area (Å²) >= 11 is 0. The first-order chi connectivity index (χ1) is 14.4. The number of benzene rings is 1. The summed E-state index contributed by atoms with van der Waals surface area (Å²) in [5.41, 5.74) is 0.618. The van der Waals surface area contributed by atoms with Gasteiger partial charge >= 0.3 is 6.09 Å². The van der Waals surface area contributed by atoms with Crippen LogP contribution in [0.15, 0.2) is 24.3 Å². The number of methoxy groups -OCH3 is 1. The number of hydrogen-bond acceptors (Lipinski definition) is 6. The normalized spacial score (nSPS) is 19.5. The van der Waals surface area contributed by atoms with Crippen molar-refractivity contribution in [3.63, 3.8) is 0 Å². The lowest BCUT2D eigenvalue weighted by atomic mass is 9.89. The SMILES string of the molecule is CCOC(=O)N1CCN(S(=O)(=O)N2CCC(C(=O)c3ccc(OC)cc3)CC2)CC1. The zero-order valence-electron chi connectivity index (χ0n) is 17.5. The van der Waals surface area contributed by atoms with Gasteiger partial charge in [-0.05, 0) is 44.0 Å². The molecule has 1 aromatic rings. The topological polar surface area (TPSA) is 96.5 Å². The molecule has 0 unspecified atom stereocenters. The average molecular weight is 440 g/mol. The van der Waals surface area contributed by atoms with Crippen molar-refractivity contribution in [2.45, 2.75) is 19.8 Å².